The molecule has 2 rings (SSSR count). The maximum Gasteiger partial charge on any atom is 0.339 e. The Morgan fingerprint density at radius 2 is 2.33 bits per heavy atom. The number of aromatic carboxylic acids is 1. The molecule has 0 amide bonds. The van der Waals surface area contributed by atoms with Gasteiger partial charge in [0.15, 0.2) is 0 Å². The zero-order chi connectivity index (χ0) is 13.2. The lowest BCUT2D eigenvalue weighted by Crippen LogP contribution is -2.45. The van der Waals surface area contributed by atoms with Gasteiger partial charge in [-0.2, -0.15) is 0 Å². The van der Waals surface area contributed by atoms with Crippen LogP contribution in [0.1, 0.15) is 35.3 Å². The van der Waals surface area contributed by atoms with E-state index < -0.39 is 5.97 Å². The van der Waals surface area contributed by atoms with Crippen LogP contribution in [0, 0.1) is 6.92 Å². The Morgan fingerprint density at radius 1 is 1.61 bits per heavy atom. The first-order chi connectivity index (χ1) is 8.56. The fourth-order valence-corrected chi connectivity index (χ4v) is 2.03. The molecular weight excluding hydrogens is 234 g/mol. The van der Waals surface area contributed by atoms with Gasteiger partial charge in [0.25, 0.3) is 0 Å². The summed E-state index contributed by atoms with van der Waals surface area (Å²) in [5, 5.41) is 12.0. The summed E-state index contributed by atoms with van der Waals surface area (Å²) in [5.74, 6) is -0.563. The third-order valence-corrected chi connectivity index (χ3v) is 3.48. The average Bonchev–Trinajstić information content (AvgIpc) is 2.27. The van der Waals surface area contributed by atoms with Crippen LogP contribution >= 0.6 is 0 Å². The lowest BCUT2D eigenvalue weighted by atomic mass is 9.80. The number of hydrogen-bond donors (Lipinski definition) is 2. The highest BCUT2D eigenvalue weighted by Crippen LogP contribution is 2.34. The number of aryl methyl sites for hydroxylation is 1. The molecule has 1 fully saturated rings. The number of anilines is 1. The van der Waals surface area contributed by atoms with E-state index in [-0.39, 0.29) is 11.2 Å². The van der Waals surface area contributed by atoms with E-state index in [1.165, 1.54) is 12.6 Å². The normalized spacial score (nSPS) is 17.0. The minimum Gasteiger partial charge on any atom is -0.478 e. The number of hydrogen-bond acceptors (Lipinski definition) is 5. The van der Waals surface area contributed by atoms with Crippen molar-refractivity contribution in [2.75, 3.05) is 19.0 Å². The van der Waals surface area contributed by atoms with Gasteiger partial charge in [0.2, 0.25) is 5.95 Å². The lowest BCUT2D eigenvalue weighted by molar-refractivity contribution is -0.0602. The highest BCUT2D eigenvalue weighted by Gasteiger charge is 2.36. The van der Waals surface area contributed by atoms with Gasteiger partial charge < -0.3 is 15.2 Å². The Bertz CT molecular complexity index is 452. The van der Waals surface area contributed by atoms with Crippen LogP contribution < -0.4 is 5.32 Å². The molecule has 6 nitrogen and oxygen atoms in total. The van der Waals surface area contributed by atoms with Crippen LogP contribution in [0.3, 0.4) is 0 Å². The Balaban J connectivity index is 2.02. The second-order valence-electron chi connectivity index (χ2n) is 4.59. The van der Waals surface area contributed by atoms with E-state index in [9.17, 15) is 4.79 Å². The van der Waals surface area contributed by atoms with E-state index in [2.05, 4.69) is 15.3 Å². The SMILES string of the molecule is COC1(CNc2ncc(C(=O)O)c(C)n2)CCC1. The molecule has 1 heterocycles. The number of carboxylic acids is 1. The Labute approximate surface area is 105 Å². The van der Waals surface area contributed by atoms with Gasteiger partial charge in [-0.3, -0.25) is 0 Å². The Morgan fingerprint density at radius 3 is 2.78 bits per heavy atom. The molecule has 0 spiro atoms. The highest BCUT2D eigenvalue weighted by molar-refractivity contribution is 5.88. The Hall–Kier alpha value is -1.69. The van der Waals surface area contributed by atoms with Crippen molar-refractivity contribution < 1.29 is 14.6 Å². The number of ether oxygens (including phenoxy) is 1. The molecule has 1 aliphatic carbocycles. The number of methoxy groups -OCH3 is 1. The minimum atomic E-state index is -1.01. The summed E-state index contributed by atoms with van der Waals surface area (Å²) in [6, 6.07) is 0. The van der Waals surface area contributed by atoms with Crippen LogP contribution in [0.4, 0.5) is 5.95 Å². The maximum absolute atomic E-state index is 10.8. The first kappa shape index (κ1) is 12.8. The first-order valence-corrected chi connectivity index (χ1v) is 5.92. The largest absolute Gasteiger partial charge is 0.478 e. The second-order valence-corrected chi connectivity index (χ2v) is 4.59. The van der Waals surface area contributed by atoms with Crippen LogP contribution in [0.5, 0.6) is 0 Å². The standard InChI is InChI=1S/C12H17N3O3/c1-8-9(10(16)17)6-13-11(15-8)14-7-12(18-2)4-3-5-12/h6H,3-5,7H2,1-2H3,(H,16,17)(H,13,14,15). The fourth-order valence-electron chi connectivity index (χ4n) is 2.03. The topological polar surface area (TPSA) is 84.3 Å². The highest BCUT2D eigenvalue weighted by atomic mass is 16.5. The number of rotatable bonds is 5. The van der Waals surface area contributed by atoms with Crippen LogP contribution in [0.2, 0.25) is 0 Å². The van der Waals surface area contributed by atoms with E-state index in [0.29, 0.717) is 18.2 Å². The molecule has 0 atom stereocenters. The summed E-state index contributed by atoms with van der Waals surface area (Å²) in [7, 11) is 1.71. The summed E-state index contributed by atoms with van der Waals surface area (Å²) in [6.07, 6.45) is 4.56. The van der Waals surface area contributed by atoms with Gasteiger partial charge in [-0.1, -0.05) is 0 Å². The van der Waals surface area contributed by atoms with Crippen molar-refractivity contribution in [3.8, 4) is 0 Å². The molecule has 18 heavy (non-hydrogen) atoms. The van der Waals surface area contributed by atoms with Gasteiger partial charge in [0, 0.05) is 19.9 Å². The van der Waals surface area contributed by atoms with Gasteiger partial charge >= 0.3 is 5.97 Å². The zero-order valence-electron chi connectivity index (χ0n) is 10.6. The number of aromatic nitrogens is 2. The number of nitrogens with zero attached hydrogens (tertiary/aromatic N) is 2. The average molecular weight is 251 g/mol. The van der Waals surface area contributed by atoms with Gasteiger partial charge in [-0.15, -0.1) is 0 Å². The van der Waals surface area contributed by atoms with Gasteiger partial charge in [-0.05, 0) is 26.2 Å². The number of nitrogens with one attached hydrogen (secondary N) is 1. The third-order valence-electron chi connectivity index (χ3n) is 3.48. The van der Waals surface area contributed by atoms with E-state index in [1.807, 2.05) is 0 Å². The van der Waals surface area contributed by atoms with Crippen molar-refractivity contribution in [1.29, 1.82) is 0 Å². The lowest BCUT2D eigenvalue weighted by Gasteiger charge is -2.40. The van der Waals surface area contributed by atoms with E-state index >= 15 is 0 Å². The second kappa shape index (κ2) is 4.89. The summed E-state index contributed by atoms with van der Waals surface area (Å²) in [5.41, 5.74) is 0.480. The molecule has 0 aliphatic heterocycles. The predicted molar refractivity (Wildman–Crippen MR) is 65.8 cm³/mol. The van der Waals surface area contributed by atoms with Crippen molar-refractivity contribution in [1.82, 2.24) is 9.97 Å². The molecule has 1 aliphatic rings. The molecule has 2 N–H and O–H groups in total. The molecule has 6 heteroatoms. The smallest absolute Gasteiger partial charge is 0.339 e. The van der Waals surface area contributed by atoms with Crippen LogP contribution in [-0.4, -0.2) is 40.3 Å². The van der Waals surface area contributed by atoms with E-state index in [0.717, 1.165) is 12.8 Å². The fraction of sp³-hybridized carbons (Fsp3) is 0.583. The monoisotopic (exact) mass is 251 g/mol. The quantitative estimate of drug-likeness (QED) is 0.824. The van der Waals surface area contributed by atoms with Crippen molar-refractivity contribution in [2.45, 2.75) is 31.8 Å². The van der Waals surface area contributed by atoms with Gasteiger partial charge in [-0.25, -0.2) is 14.8 Å². The molecule has 0 bridgehead atoms. The van der Waals surface area contributed by atoms with Crippen molar-refractivity contribution >= 4 is 11.9 Å². The molecule has 0 aromatic carbocycles. The molecule has 0 unspecified atom stereocenters. The van der Waals surface area contributed by atoms with Crippen LogP contribution in [-0.2, 0) is 4.74 Å². The van der Waals surface area contributed by atoms with Gasteiger partial charge in [0.05, 0.1) is 16.9 Å². The van der Waals surface area contributed by atoms with E-state index in [4.69, 9.17) is 9.84 Å². The summed E-state index contributed by atoms with van der Waals surface area (Å²) in [6.45, 7) is 2.31. The molecule has 0 saturated heterocycles. The minimum absolute atomic E-state index is 0.108. The molecule has 98 valence electrons. The maximum atomic E-state index is 10.8. The van der Waals surface area contributed by atoms with Crippen molar-refractivity contribution in [3.63, 3.8) is 0 Å². The summed E-state index contributed by atoms with van der Waals surface area (Å²) >= 11 is 0. The van der Waals surface area contributed by atoms with Gasteiger partial charge in [0.1, 0.15) is 0 Å². The molecule has 0 radical (unpaired) electrons. The number of carbonyl (C=O) groups is 1. The zero-order valence-corrected chi connectivity index (χ0v) is 10.6. The van der Waals surface area contributed by atoms with Crippen LogP contribution in [0.25, 0.3) is 0 Å². The molecule has 1 saturated carbocycles. The number of carboxylic acid groups (broad SMARTS) is 1. The summed E-state index contributed by atoms with van der Waals surface area (Å²) in [4.78, 5) is 19.0. The third kappa shape index (κ3) is 2.43. The Kier molecular flexibility index (Phi) is 3.47. The van der Waals surface area contributed by atoms with E-state index in [1.54, 1.807) is 14.0 Å². The molecular formula is C12H17N3O3. The van der Waals surface area contributed by atoms with Crippen LogP contribution in [0.15, 0.2) is 6.20 Å². The molecule has 1 aromatic heterocycles. The van der Waals surface area contributed by atoms with Crippen molar-refractivity contribution in [3.05, 3.63) is 17.5 Å². The van der Waals surface area contributed by atoms with Crippen molar-refractivity contribution in [2.24, 2.45) is 0 Å². The first-order valence-electron chi connectivity index (χ1n) is 5.92. The predicted octanol–water partition coefficient (Wildman–Crippen LogP) is 1.46. The molecule has 1 aromatic rings. The summed E-state index contributed by atoms with van der Waals surface area (Å²) < 4.78 is 5.48.